The molecule has 102 valence electrons. The van der Waals surface area contributed by atoms with Crippen LogP contribution in [0.25, 0.3) is 0 Å². The van der Waals surface area contributed by atoms with Gasteiger partial charge in [-0.15, -0.1) is 11.6 Å². The molecule has 2 aromatic rings. The second kappa shape index (κ2) is 5.34. The molecular formula is C11H9ClF3N3S. The highest BCUT2D eigenvalue weighted by atomic mass is 35.5. The number of hydrogen-bond acceptors (Lipinski definition) is 4. The average molecular weight is 308 g/mol. The van der Waals surface area contributed by atoms with E-state index in [4.69, 9.17) is 11.6 Å². The Bertz CT molecular complexity index is 568. The Morgan fingerprint density at radius 3 is 2.58 bits per heavy atom. The Morgan fingerprint density at radius 2 is 2.00 bits per heavy atom. The maximum atomic E-state index is 12.4. The summed E-state index contributed by atoms with van der Waals surface area (Å²) in [6.45, 7) is 1.78. The Labute approximate surface area is 116 Å². The predicted molar refractivity (Wildman–Crippen MR) is 68.9 cm³/mol. The van der Waals surface area contributed by atoms with E-state index in [1.54, 1.807) is 31.2 Å². The van der Waals surface area contributed by atoms with Crippen LogP contribution in [0.2, 0.25) is 0 Å². The van der Waals surface area contributed by atoms with E-state index in [1.165, 1.54) is 0 Å². The van der Waals surface area contributed by atoms with Crippen LogP contribution < -0.4 is 5.32 Å². The third kappa shape index (κ3) is 3.36. The van der Waals surface area contributed by atoms with Crippen molar-refractivity contribution in [2.45, 2.75) is 18.5 Å². The first kappa shape index (κ1) is 14.1. The summed E-state index contributed by atoms with van der Waals surface area (Å²) >= 11 is 6.66. The first-order valence-corrected chi connectivity index (χ1v) is 6.50. The van der Waals surface area contributed by atoms with Gasteiger partial charge < -0.3 is 5.32 Å². The number of hydrogen-bond donors (Lipinski definition) is 1. The van der Waals surface area contributed by atoms with Crippen molar-refractivity contribution in [3.8, 4) is 0 Å². The van der Waals surface area contributed by atoms with Crippen molar-refractivity contribution in [1.82, 2.24) is 9.36 Å². The van der Waals surface area contributed by atoms with Gasteiger partial charge in [-0.1, -0.05) is 18.2 Å². The molecule has 1 atom stereocenters. The molecule has 0 aliphatic rings. The van der Waals surface area contributed by atoms with Crippen LogP contribution in [0.1, 0.15) is 23.7 Å². The zero-order valence-electron chi connectivity index (χ0n) is 9.70. The lowest BCUT2D eigenvalue weighted by atomic mass is 10.1. The van der Waals surface area contributed by atoms with Gasteiger partial charge in [0.1, 0.15) is 0 Å². The third-order valence-electron chi connectivity index (χ3n) is 2.31. The summed E-state index contributed by atoms with van der Waals surface area (Å²) in [6.07, 6.45) is -4.53. The molecule has 3 nitrogen and oxygen atoms in total. The minimum Gasteiger partial charge on any atom is -0.330 e. The predicted octanol–water partition coefficient (Wildman–Crippen LogP) is 4.60. The minimum atomic E-state index is -4.53. The van der Waals surface area contributed by atoms with Gasteiger partial charge in [0.2, 0.25) is 11.0 Å². The lowest BCUT2D eigenvalue weighted by Crippen LogP contribution is -2.07. The van der Waals surface area contributed by atoms with Crippen LogP contribution in [0.4, 0.5) is 24.0 Å². The molecule has 0 amide bonds. The van der Waals surface area contributed by atoms with Gasteiger partial charge in [0.15, 0.2) is 0 Å². The number of anilines is 2. The van der Waals surface area contributed by atoms with Crippen LogP contribution in [-0.4, -0.2) is 9.36 Å². The van der Waals surface area contributed by atoms with Crippen molar-refractivity contribution in [1.29, 1.82) is 0 Å². The van der Waals surface area contributed by atoms with E-state index in [-0.39, 0.29) is 10.5 Å². The summed E-state index contributed by atoms with van der Waals surface area (Å²) < 4.78 is 40.4. The van der Waals surface area contributed by atoms with Crippen molar-refractivity contribution in [2.24, 2.45) is 0 Å². The molecule has 1 unspecified atom stereocenters. The van der Waals surface area contributed by atoms with E-state index in [0.29, 0.717) is 17.2 Å². The Hall–Kier alpha value is -1.34. The topological polar surface area (TPSA) is 37.8 Å². The van der Waals surface area contributed by atoms with E-state index in [0.717, 1.165) is 5.56 Å². The number of benzene rings is 1. The van der Waals surface area contributed by atoms with E-state index >= 15 is 0 Å². The van der Waals surface area contributed by atoms with E-state index in [9.17, 15) is 13.2 Å². The first-order valence-electron chi connectivity index (χ1n) is 5.29. The van der Waals surface area contributed by atoms with Gasteiger partial charge in [-0.2, -0.15) is 22.5 Å². The lowest BCUT2D eigenvalue weighted by Gasteiger charge is -2.11. The molecule has 1 heterocycles. The molecule has 0 radical (unpaired) electrons. The van der Waals surface area contributed by atoms with Crippen molar-refractivity contribution in [3.05, 3.63) is 35.7 Å². The number of halogens is 4. The lowest BCUT2D eigenvalue weighted by molar-refractivity contribution is -0.144. The van der Waals surface area contributed by atoms with E-state index in [1.807, 2.05) is 0 Å². The highest BCUT2D eigenvalue weighted by Gasteiger charge is 2.36. The third-order valence-corrected chi connectivity index (χ3v) is 3.18. The molecule has 0 aliphatic carbocycles. The van der Waals surface area contributed by atoms with Crippen molar-refractivity contribution >= 4 is 34.0 Å². The maximum Gasteiger partial charge on any atom is 0.452 e. The van der Waals surface area contributed by atoms with Gasteiger partial charge in [-0.05, 0) is 18.6 Å². The number of alkyl halides is 4. The van der Waals surface area contributed by atoms with Crippen LogP contribution in [0, 0.1) is 0 Å². The molecule has 0 saturated carbocycles. The largest absolute Gasteiger partial charge is 0.452 e. The standard InChI is InChI=1S/C11H9ClF3N3S/c1-6(12)7-4-2-3-5-8(7)16-10-17-9(18-19-10)11(13,14)15/h2-6H,1H3,(H,16,17,18). The zero-order chi connectivity index (χ0) is 14.0. The monoisotopic (exact) mass is 307 g/mol. The van der Waals surface area contributed by atoms with Crippen molar-refractivity contribution in [2.75, 3.05) is 5.32 Å². The van der Waals surface area contributed by atoms with Crippen LogP contribution in [0.5, 0.6) is 0 Å². The number of nitrogens with zero attached hydrogens (tertiary/aromatic N) is 2. The summed E-state index contributed by atoms with van der Waals surface area (Å²) in [5.41, 5.74) is 1.41. The number of nitrogens with one attached hydrogen (secondary N) is 1. The molecule has 1 N–H and O–H groups in total. The molecule has 19 heavy (non-hydrogen) atoms. The molecule has 1 aromatic heterocycles. The summed E-state index contributed by atoms with van der Waals surface area (Å²) in [5, 5.41) is 2.62. The summed E-state index contributed by atoms with van der Waals surface area (Å²) in [4.78, 5) is 3.41. The fraction of sp³-hybridized carbons (Fsp3) is 0.273. The van der Waals surface area contributed by atoms with Gasteiger partial charge in [0.05, 0.1) is 5.38 Å². The van der Waals surface area contributed by atoms with E-state index in [2.05, 4.69) is 14.7 Å². The summed E-state index contributed by atoms with van der Waals surface area (Å²) in [6, 6.07) is 7.09. The van der Waals surface area contributed by atoms with Gasteiger partial charge in [-0.3, -0.25) is 0 Å². The summed E-state index contributed by atoms with van der Waals surface area (Å²) in [7, 11) is 0. The quantitative estimate of drug-likeness (QED) is 0.842. The SMILES string of the molecule is CC(Cl)c1ccccc1Nc1nc(C(F)(F)F)ns1. The molecule has 2 rings (SSSR count). The second-order valence-corrected chi connectivity index (χ2v) is 5.16. The number of aromatic nitrogens is 2. The van der Waals surface area contributed by atoms with Crippen LogP contribution in [-0.2, 0) is 6.18 Å². The number of rotatable bonds is 3. The van der Waals surface area contributed by atoms with Gasteiger partial charge in [0, 0.05) is 17.2 Å². The van der Waals surface area contributed by atoms with Gasteiger partial charge >= 0.3 is 6.18 Å². The van der Waals surface area contributed by atoms with Gasteiger partial charge in [-0.25, -0.2) is 0 Å². The maximum absolute atomic E-state index is 12.4. The highest BCUT2D eigenvalue weighted by Crippen LogP contribution is 2.32. The Balaban J connectivity index is 2.25. The van der Waals surface area contributed by atoms with Crippen molar-refractivity contribution in [3.63, 3.8) is 0 Å². The summed E-state index contributed by atoms with van der Waals surface area (Å²) in [5.74, 6) is -1.14. The van der Waals surface area contributed by atoms with Gasteiger partial charge in [0.25, 0.3) is 0 Å². The molecule has 0 aliphatic heterocycles. The Kier molecular flexibility index (Phi) is 3.96. The van der Waals surface area contributed by atoms with Crippen LogP contribution in [0.15, 0.2) is 24.3 Å². The molecule has 1 aromatic carbocycles. The smallest absolute Gasteiger partial charge is 0.330 e. The van der Waals surface area contributed by atoms with E-state index < -0.39 is 12.0 Å². The fourth-order valence-electron chi connectivity index (χ4n) is 1.46. The zero-order valence-corrected chi connectivity index (χ0v) is 11.3. The average Bonchev–Trinajstić information content (AvgIpc) is 2.77. The number of para-hydroxylation sites is 1. The molecule has 0 saturated heterocycles. The van der Waals surface area contributed by atoms with Crippen LogP contribution >= 0.6 is 23.1 Å². The fourth-order valence-corrected chi connectivity index (χ4v) is 2.25. The molecule has 8 heteroatoms. The molecule has 0 bridgehead atoms. The normalized spacial score (nSPS) is 13.3. The first-order chi connectivity index (χ1) is 8.88. The Morgan fingerprint density at radius 1 is 1.32 bits per heavy atom. The molecular weight excluding hydrogens is 299 g/mol. The van der Waals surface area contributed by atoms with Crippen LogP contribution in [0.3, 0.4) is 0 Å². The minimum absolute atomic E-state index is 0.0806. The molecule has 0 spiro atoms. The molecule has 0 fully saturated rings. The second-order valence-electron chi connectivity index (χ2n) is 3.75. The van der Waals surface area contributed by atoms with Crippen molar-refractivity contribution < 1.29 is 13.2 Å². The highest BCUT2D eigenvalue weighted by molar-refractivity contribution is 7.09.